The Morgan fingerprint density at radius 2 is 2.05 bits per heavy atom. The molecule has 0 bridgehead atoms. The van der Waals surface area contributed by atoms with Gasteiger partial charge in [-0.05, 0) is 31.4 Å². The van der Waals surface area contributed by atoms with E-state index in [9.17, 15) is 9.59 Å². The van der Waals surface area contributed by atoms with Crippen molar-refractivity contribution < 1.29 is 19.4 Å². The van der Waals surface area contributed by atoms with Crippen LogP contribution in [0.2, 0.25) is 0 Å². The van der Waals surface area contributed by atoms with Gasteiger partial charge < -0.3 is 15.2 Å². The SMILES string of the molecule is O=C(O)c1cccc(C(=O)NC2CCCOCC2)n1. The fraction of sp³-hybridized carbons (Fsp3) is 0.462. The Kier molecular flexibility index (Phi) is 4.46. The summed E-state index contributed by atoms with van der Waals surface area (Å²) in [6.07, 6.45) is 2.54. The highest BCUT2D eigenvalue weighted by Gasteiger charge is 2.17. The molecule has 0 radical (unpaired) electrons. The minimum absolute atomic E-state index is 0.0604. The number of aromatic nitrogens is 1. The van der Waals surface area contributed by atoms with Crippen LogP contribution in [0.3, 0.4) is 0 Å². The van der Waals surface area contributed by atoms with Crippen LogP contribution >= 0.6 is 0 Å². The first kappa shape index (κ1) is 13.5. The Morgan fingerprint density at radius 3 is 2.84 bits per heavy atom. The Morgan fingerprint density at radius 1 is 1.26 bits per heavy atom. The van der Waals surface area contributed by atoms with Gasteiger partial charge in [-0.25, -0.2) is 9.78 Å². The van der Waals surface area contributed by atoms with Gasteiger partial charge in [-0.2, -0.15) is 0 Å². The van der Waals surface area contributed by atoms with Gasteiger partial charge in [0.2, 0.25) is 0 Å². The van der Waals surface area contributed by atoms with Gasteiger partial charge in [0.15, 0.2) is 0 Å². The van der Waals surface area contributed by atoms with E-state index < -0.39 is 5.97 Å². The lowest BCUT2D eigenvalue weighted by Gasteiger charge is -2.15. The van der Waals surface area contributed by atoms with E-state index in [1.165, 1.54) is 18.2 Å². The van der Waals surface area contributed by atoms with Gasteiger partial charge in [-0.3, -0.25) is 4.79 Å². The maximum atomic E-state index is 12.0. The van der Waals surface area contributed by atoms with Crippen LogP contribution in [-0.2, 0) is 4.74 Å². The molecule has 2 rings (SSSR count). The zero-order valence-corrected chi connectivity index (χ0v) is 10.5. The van der Waals surface area contributed by atoms with Crippen LogP contribution in [-0.4, -0.2) is 41.2 Å². The molecule has 1 aliphatic rings. The van der Waals surface area contributed by atoms with E-state index in [0.717, 1.165) is 25.9 Å². The molecule has 6 nitrogen and oxygen atoms in total. The number of hydrogen-bond donors (Lipinski definition) is 2. The number of carboxylic acid groups (broad SMARTS) is 1. The predicted molar refractivity (Wildman–Crippen MR) is 67.1 cm³/mol. The predicted octanol–water partition coefficient (Wildman–Crippen LogP) is 1.08. The van der Waals surface area contributed by atoms with Gasteiger partial charge in [0.25, 0.3) is 5.91 Å². The largest absolute Gasteiger partial charge is 0.477 e. The molecule has 6 heteroatoms. The van der Waals surface area contributed by atoms with Gasteiger partial charge in [-0.1, -0.05) is 6.07 Å². The van der Waals surface area contributed by atoms with E-state index in [0.29, 0.717) is 6.61 Å². The normalized spacial score (nSPS) is 19.5. The molecule has 1 aromatic rings. The van der Waals surface area contributed by atoms with E-state index >= 15 is 0 Å². The first-order valence-electron chi connectivity index (χ1n) is 6.26. The van der Waals surface area contributed by atoms with E-state index in [1.807, 2.05) is 0 Å². The highest BCUT2D eigenvalue weighted by atomic mass is 16.5. The molecule has 1 aliphatic heterocycles. The second kappa shape index (κ2) is 6.29. The molecule has 1 aromatic heterocycles. The maximum Gasteiger partial charge on any atom is 0.354 e. The zero-order chi connectivity index (χ0) is 13.7. The monoisotopic (exact) mass is 264 g/mol. The molecule has 0 aliphatic carbocycles. The molecule has 1 saturated heterocycles. The van der Waals surface area contributed by atoms with Crippen molar-refractivity contribution in [1.82, 2.24) is 10.3 Å². The maximum absolute atomic E-state index is 12.0. The summed E-state index contributed by atoms with van der Waals surface area (Å²) in [5.74, 6) is -1.48. The Labute approximate surface area is 110 Å². The average molecular weight is 264 g/mol. The molecular formula is C13H16N2O4. The molecule has 102 valence electrons. The summed E-state index contributed by atoms with van der Waals surface area (Å²) in [4.78, 5) is 26.6. The van der Waals surface area contributed by atoms with E-state index in [4.69, 9.17) is 9.84 Å². The minimum atomic E-state index is -1.14. The fourth-order valence-electron chi connectivity index (χ4n) is 1.99. The van der Waals surface area contributed by atoms with Crippen LogP contribution < -0.4 is 5.32 Å². The van der Waals surface area contributed by atoms with Crippen LogP contribution in [0.25, 0.3) is 0 Å². The van der Waals surface area contributed by atoms with Gasteiger partial charge in [0, 0.05) is 19.3 Å². The number of ether oxygens (including phenoxy) is 1. The molecule has 0 aromatic carbocycles. The molecule has 1 atom stereocenters. The average Bonchev–Trinajstić information content (AvgIpc) is 2.67. The van der Waals surface area contributed by atoms with Gasteiger partial charge in [-0.15, -0.1) is 0 Å². The van der Waals surface area contributed by atoms with Crippen LogP contribution in [0.4, 0.5) is 0 Å². The summed E-state index contributed by atoms with van der Waals surface area (Å²) < 4.78 is 5.32. The van der Waals surface area contributed by atoms with Crippen LogP contribution in [0.5, 0.6) is 0 Å². The molecule has 1 fully saturated rings. The quantitative estimate of drug-likeness (QED) is 0.852. The van der Waals surface area contributed by atoms with Crippen molar-refractivity contribution >= 4 is 11.9 Å². The second-order valence-corrected chi connectivity index (χ2v) is 4.43. The Balaban J connectivity index is 2.02. The number of amides is 1. The molecule has 0 spiro atoms. The fourth-order valence-corrected chi connectivity index (χ4v) is 1.99. The number of carboxylic acids is 1. The zero-order valence-electron chi connectivity index (χ0n) is 10.5. The Bertz CT molecular complexity index is 467. The third kappa shape index (κ3) is 3.75. The van der Waals surface area contributed by atoms with Crippen molar-refractivity contribution in [3.05, 3.63) is 29.6 Å². The third-order valence-corrected chi connectivity index (χ3v) is 2.99. The second-order valence-electron chi connectivity index (χ2n) is 4.43. The number of rotatable bonds is 3. The smallest absolute Gasteiger partial charge is 0.354 e. The van der Waals surface area contributed by atoms with E-state index in [-0.39, 0.29) is 23.3 Å². The summed E-state index contributed by atoms with van der Waals surface area (Å²) in [6.45, 7) is 1.35. The summed E-state index contributed by atoms with van der Waals surface area (Å²) in [6, 6.07) is 4.44. The molecule has 1 unspecified atom stereocenters. The van der Waals surface area contributed by atoms with Crippen molar-refractivity contribution in [2.45, 2.75) is 25.3 Å². The lowest BCUT2D eigenvalue weighted by atomic mass is 10.1. The molecular weight excluding hydrogens is 248 g/mol. The number of pyridine rings is 1. The molecule has 2 N–H and O–H groups in total. The lowest BCUT2D eigenvalue weighted by molar-refractivity contribution is 0.0690. The topological polar surface area (TPSA) is 88.5 Å². The number of nitrogens with one attached hydrogen (secondary N) is 1. The van der Waals surface area contributed by atoms with Crippen molar-refractivity contribution in [3.8, 4) is 0 Å². The summed E-state index contributed by atoms with van der Waals surface area (Å²) in [5.41, 5.74) is 0.00177. The number of nitrogens with zero attached hydrogens (tertiary/aromatic N) is 1. The van der Waals surface area contributed by atoms with Gasteiger partial charge >= 0.3 is 5.97 Å². The van der Waals surface area contributed by atoms with Crippen molar-refractivity contribution in [2.75, 3.05) is 13.2 Å². The first-order valence-corrected chi connectivity index (χ1v) is 6.26. The lowest BCUT2D eigenvalue weighted by Crippen LogP contribution is -2.35. The molecule has 19 heavy (non-hydrogen) atoms. The van der Waals surface area contributed by atoms with Crippen LogP contribution in [0.15, 0.2) is 18.2 Å². The van der Waals surface area contributed by atoms with Crippen molar-refractivity contribution in [1.29, 1.82) is 0 Å². The van der Waals surface area contributed by atoms with Gasteiger partial charge in [0.1, 0.15) is 11.4 Å². The summed E-state index contributed by atoms with van der Waals surface area (Å²) in [5, 5.41) is 11.7. The minimum Gasteiger partial charge on any atom is -0.477 e. The summed E-state index contributed by atoms with van der Waals surface area (Å²) >= 11 is 0. The van der Waals surface area contributed by atoms with Crippen LogP contribution in [0, 0.1) is 0 Å². The number of aromatic carboxylic acids is 1. The van der Waals surface area contributed by atoms with Crippen molar-refractivity contribution in [3.63, 3.8) is 0 Å². The highest BCUT2D eigenvalue weighted by molar-refractivity contribution is 5.94. The highest BCUT2D eigenvalue weighted by Crippen LogP contribution is 2.09. The number of carbonyl (C=O) groups excluding carboxylic acids is 1. The molecule has 1 amide bonds. The summed E-state index contributed by atoms with van der Waals surface area (Å²) in [7, 11) is 0. The van der Waals surface area contributed by atoms with Crippen LogP contribution in [0.1, 0.15) is 40.2 Å². The van der Waals surface area contributed by atoms with Gasteiger partial charge in [0.05, 0.1) is 0 Å². The Hall–Kier alpha value is -1.95. The first-order chi connectivity index (χ1) is 9.16. The third-order valence-electron chi connectivity index (χ3n) is 2.99. The van der Waals surface area contributed by atoms with E-state index in [1.54, 1.807) is 0 Å². The molecule has 2 heterocycles. The number of carbonyl (C=O) groups is 2. The van der Waals surface area contributed by atoms with E-state index in [2.05, 4.69) is 10.3 Å². The standard InChI is InChI=1S/C13H16N2O4/c16-12(14-9-3-2-7-19-8-6-9)10-4-1-5-11(15-10)13(17)18/h1,4-5,9H,2-3,6-8H2,(H,14,16)(H,17,18). The molecule has 0 saturated carbocycles. The van der Waals surface area contributed by atoms with Crippen molar-refractivity contribution in [2.24, 2.45) is 0 Å². The number of hydrogen-bond acceptors (Lipinski definition) is 4.